The minimum Gasteiger partial charge on any atom is -0.340 e. The molecule has 0 aliphatic carbocycles. The lowest BCUT2D eigenvalue weighted by atomic mass is 10.1. The molecule has 2 saturated heterocycles. The number of hydrogen-bond acceptors (Lipinski definition) is 3. The van der Waals surface area contributed by atoms with Crippen LogP contribution in [0, 0.1) is 5.82 Å². The lowest BCUT2D eigenvalue weighted by Gasteiger charge is -2.43. The first-order valence-corrected chi connectivity index (χ1v) is 7.19. The second-order valence-electron chi connectivity index (χ2n) is 5.53. The molecule has 5 heteroatoms. The summed E-state index contributed by atoms with van der Waals surface area (Å²) in [5.74, 6) is -0.119. The normalized spacial score (nSPS) is 20.8. The van der Waals surface area contributed by atoms with Gasteiger partial charge in [0.05, 0.1) is 6.42 Å². The second kappa shape index (κ2) is 5.89. The molecule has 1 aromatic rings. The third-order valence-corrected chi connectivity index (χ3v) is 4.21. The Morgan fingerprint density at radius 1 is 1.15 bits per heavy atom. The number of nitrogens with one attached hydrogen (secondary N) is 1. The number of carbonyl (C=O) groups excluding carboxylic acids is 1. The zero-order valence-electron chi connectivity index (χ0n) is 11.5. The van der Waals surface area contributed by atoms with Crippen LogP contribution in [-0.4, -0.2) is 61.0 Å². The van der Waals surface area contributed by atoms with Crippen molar-refractivity contribution in [1.29, 1.82) is 0 Å². The summed E-state index contributed by atoms with van der Waals surface area (Å²) in [6, 6.07) is 6.84. The molecule has 2 heterocycles. The van der Waals surface area contributed by atoms with Gasteiger partial charge in [0.1, 0.15) is 5.82 Å². The van der Waals surface area contributed by atoms with E-state index in [1.165, 1.54) is 12.1 Å². The molecule has 0 aromatic heterocycles. The molecule has 0 unspecified atom stereocenters. The van der Waals surface area contributed by atoms with Crippen LogP contribution in [0.15, 0.2) is 24.3 Å². The average molecular weight is 277 g/mol. The fourth-order valence-corrected chi connectivity index (χ4v) is 2.76. The van der Waals surface area contributed by atoms with Gasteiger partial charge in [0.2, 0.25) is 5.91 Å². The van der Waals surface area contributed by atoms with Crippen molar-refractivity contribution >= 4 is 5.91 Å². The van der Waals surface area contributed by atoms with Crippen LogP contribution in [0.4, 0.5) is 4.39 Å². The first kappa shape index (κ1) is 13.5. The molecule has 4 nitrogen and oxygen atoms in total. The van der Waals surface area contributed by atoms with Gasteiger partial charge in [-0.15, -0.1) is 0 Å². The van der Waals surface area contributed by atoms with E-state index in [0.717, 1.165) is 44.8 Å². The van der Waals surface area contributed by atoms with Gasteiger partial charge in [-0.25, -0.2) is 4.39 Å². The van der Waals surface area contributed by atoms with Crippen LogP contribution < -0.4 is 5.32 Å². The topological polar surface area (TPSA) is 35.6 Å². The van der Waals surface area contributed by atoms with Crippen molar-refractivity contribution in [2.24, 2.45) is 0 Å². The van der Waals surface area contributed by atoms with E-state index < -0.39 is 0 Å². The highest BCUT2D eigenvalue weighted by Gasteiger charge is 2.28. The van der Waals surface area contributed by atoms with Crippen molar-refractivity contribution in [3.8, 4) is 0 Å². The van der Waals surface area contributed by atoms with Crippen molar-refractivity contribution in [3.05, 3.63) is 35.6 Å². The summed E-state index contributed by atoms with van der Waals surface area (Å²) in [7, 11) is 0. The molecule has 1 amide bonds. The molecule has 0 saturated carbocycles. The fourth-order valence-electron chi connectivity index (χ4n) is 2.76. The van der Waals surface area contributed by atoms with E-state index in [0.29, 0.717) is 12.5 Å². The number of nitrogens with zero attached hydrogens (tertiary/aromatic N) is 2. The van der Waals surface area contributed by atoms with E-state index >= 15 is 0 Å². The molecule has 1 N–H and O–H groups in total. The molecule has 108 valence electrons. The maximum atomic E-state index is 12.8. The Morgan fingerprint density at radius 3 is 2.35 bits per heavy atom. The van der Waals surface area contributed by atoms with Crippen molar-refractivity contribution in [3.63, 3.8) is 0 Å². The zero-order chi connectivity index (χ0) is 13.9. The van der Waals surface area contributed by atoms with Gasteiger partial charge in [0.25, 0.3) is 0 Å². The Balaban J connectivity index is 1.49. The lowest BCUT2D eigenvalue weighted by Crippen LogP contribution is -2.62. The van der Waals surface area contributed by atoms with Crippen molar-refractivity contribution < 1.29 is 9.18 Å². The molecule has 0 atom stereocenters. The van der Waals surface area contributed by atoms with E-state index in [-0.39, 0.29) is 11.7 Å². The number of benzene rings is 1. The third kappa shape index (κ3) is 2.99. The smallest absolute Gasteiger partial charge is 0.227 e. The van der Waals surface area contributed by atoms with Crippen LogP contribution >= 0.6 is 0 Å². The summed E-state index contributed by atoms with van der Waals surface area (Å²) in [5.41, 5.74) is 0.877. The van der Waals surface area contributed by atoms with E-state index in [9.17, 15) is 9.18 Å². The Bertz CT molecular complexity index is 465. The van der Waals surface area contributed by atoms with Gasteiger partial charge in [-0.2, -0.15) is 0 Å². The average Bonchev–Trinajstić information content (AvgIpc) is 2.40. The van der Waals surface area contributed by atoms with Gasteiger partial charge in [0, 0.05) is 45.3 Å². The predicted octanol–water partition coefficient (Wildman–Crippen LogP) is 0.484. The van der Waals surface area contributed by atoms with Crippen molar-refractivity contribution in [2.75, 3.05) is 39.3 Å². The number of rotatable bonds is 3. The Morgan fingerprint density at radius 2 is 1.80 bits per heavy atom. The number of amides is 1. The number of piperazine rings is 1. The summed E-state index contributed by atoms with van der Waals surface area (Å²) in [5, 5.41) is 3.28. The molecule has 2 fully saturated rings. The van der Waals surface area contributed by atoms with Crippen LogP contribution in [0.1, 0.15) is 5.56 Å². The molecule has 1 aromatic carbocycles. The summed E-state index contributed by atoms with van der Waals surface area (Å²) in [4.78, 5) is 16.6. The highest BCUT2D eigenvalue weighted by Crippen LogP contribution is 2.11. The first-order valence-electron chi connectivity index (χ1n) is 7.19. The maximum absolute atomic E-state index is 12.8. The van der Waals surface area contributed by atoms with E-state index in [2.05, 4.69) is 10.2 Å². The summed E-state index contributed by atoms with van der Waals surface area (Å²) in [6.45, 7) is 5.67. The van der Waals surface area contributed by atoms with E-state index in [1.54, 1.807) is 12.1 Å². The minimum atomic E-state index is -0.260. The largest absolute Gasteiger partial charge is 0.340 e. The van der Waals surface area contributed by atoms with Crippen LogP contribution in [0.3, 0.4) is 0 Å². The number of halogens is 1. The molecule has 0 spiro atoms. The van der Waals surface area contributed by atoms with E-state index in [1.807, 2.05) is 4.90 Å². The van der Waals surface area contributed by atoms with E-state index in [4.69, 9.17) is 0 Å². The van der Waals surface area contributed by atoms with Gasteiger partial charge in [-0.3, -0.25) is 9.69 Å². The van der Waals surface area contributed by atoms with Gasteiger partial charge in [-0.05, 0) is 17.7 Å². The molecule has 2 aliphatic rings. The minimum absolute atomic E-state index is 0.142. The number of carbonyl (C=O) groups is 1. The molecule has 0 bridgehead atoms. The first-order chi connectivity index (χ1) is 9.72. The Labute approximate surface area is 118 Å². The van der Waals surface area contributed by atoms with Crippen LogP contribution in [0.2, 0.25) is 0 Å². The van der Waals surface area contributed by atoms with Crippen molar-refractivity contribution in [1.82, 2.24) is 15.1 Å². The van der Waals surface area contributed by atoms with Gasteiger partial charge in [-0.1, -0.05) is 12.1 Å². The summed E-state index contributed by atoms with van der Waals surface area (Å²) in [6.07, 6.45) is 0.366. The molecule has 20 heavy (non-hydrogen) atoms. The third-order valence-electron chi connectivity index (χ3n) is 4.21. The molecule has 2 aliphatic heterocycles. The lowest BCUT2D eigenvalue weighted by molar-refractivity contribution is -0.132. The molecular weight excluding hydrogens is 257 g/mol. The predicted molar refractivity (Wildman–Crippen MR) is 74.9 cm³/mol. The quantitative estimate of drug-likeness (QED) is 0.873. The SMILES string of the molecule is O=C(Cc1ccc(F)cc1)N1CCN(C2CNC2)CC1. The Hall–Kier alpha value is -1.46. The second-order valence-corrected chi connectivity index (χ2v) is 5.53. The van der Waals surface area contributed by atoms with Crippen molar-refractivity contribution in [2.45, 2.75) is 12.5 Å². The Kier molecular flexibility index (Phi) is 3.98. The molecule has 3 rings (SSSR count). The van der Waals surface area contributed by atoms with Crippen LogP contribution in [-0.2, 0) is 11.2 Å². The van der Waals surface area contributed by atoms with Gasteiger partial charge < -0.3 is 10.2 Å². The number of hydrogen-bond donors (Lipinski definition) is 1. The van der Waals surface area contributed by atoms with Gasteiger partial charge in [0.15, 0.2) is 0 Å². The maximum Gasteiger partial charge on any atom is 0.227 e. The zero-order valence-corrected chi connectivity index (χ0v) is 11.5. The monoisotopic (exact) mass is 277 g/mol. The van der Waals surface area contributed by atoms with Gasteiger partial charge >= 0.3 is 0 Å². The van der Waals surface area contributed by atoms with Crippen LogP contribution in [0.5, 0.6) is 0 Å². The highest BCUT2D eigenvalue weighted by molar-refractivity contribution is 5.78. The standard InChI is InChI=1S/C15H20FN3O/c16-13-3-1-12(2-4-13)9-15(20)19-7-5-18(6-8-19)14-10-17-11-14/h1-4,14,17H,5-11H2. The fraction of sp³-hybridized carbons (Fsp3) is 0.533. The highest BCUT2D eigenvalue weighted by atomic mass is 19.1. The summed E-state index contributed by atoms with van der Waals surface area (Å²) < 4.78 is 12.8. The molecular formula is C15H20FN3O. The summed E-state index contributed by atoms with van der Waals surface area (Å²) >= 11 is 0. The molecule has 0 radical (unpaired) electrons. The van der Waals surface area contributed by atoms with Crippen LogP contribution in [0.25, 0.3) is 0 Å².